The lowest BCUT2D eigenvalue weighted by Crippen LogP contribution is -2.37. The van der Waals surface area contributed by atoms with Crippen molar-refractivity contribution in [3.05, 3.63) is 23.4 Å². The van der Waals surface area contributed by atoms with Crippen molar-refractivity contribution < 1.29 is 9.18 Å². The highest BCUT2D eigenvalue weighted by Gasteiger charge is 2.50. The molecule has 0 aliphatic carbocycles. The average Bonchev–Trinajstić information content (AvgIpc) is 3.00. The van der Waals surface area contributed by atoms with Crippen LogP contribution >= 0.6 is 11.6 Å². The predicted octanol–water partition coefficient (Wildman–Crippen LogP) is 2.42. The quantitative estimate of drug-likeness (QED) is 0.851. The molecule has 1 amide bonds. The summed E-state index contributed by atoms with van der Waals surface area (Å²) >= 11 is 5.93. The molecule has 1 saturated heterocycles. The zero-order valence-electron chi connectivity index (χ0n) is 12.0. The van der Waals surface area contributed by atoms with E-state index in [0.29, 0.717) is 6.42 Å². The predicted molar refractivity (Wildman–Crippen MR) is 77.8 cm³/mol. The van der Waals surface area contributed by atoms with Gasteiger partial charge in [0.25, 0.3) is 0 Å². The van der Waals surface area contributed by atoms with Gasteiger partial charge in [-0.05, 0) is 12.3 Å². The molecule has 1 aliphatic heterocycles. The van der Waals surface area contributed by atoms with E-state index < -0.39 is 11.2 Å². The minimum Gasteiger partial charge on any atom is -0.293 e. The summed E-state index contributed by atoms with van der Waals surface area (Å²) in [6.07, 6.45) is 2.78. The summed E-state index contributed by atoms with van der Waals surface area (Å²) in [5.41, 5.74) is -1.03. The molecule has 3 heterocycles. The Morgan fingerprint density at radius 1 is 1.55 bits per heavy atom. The van der Waals surface area contributed by atoms with Gasteiger partial charge in [0.05, 0.1) is 18.5 Å². The highest BCUT2D eigenvalue weighted by atomic mass is 35.5. The van der Waals surface area contributed by atoms with E-state index in [-0.39, 0.29) is 34.9 Å². The summed E-state index contributed by atoms with van der Waals surface area (Å²) in [7, 11) is 0. The molecule has 0 saturated carbocycles. The minimum atomic E-state index is -1.11. The van der Waals surface area contributed by atoms with Crippen LogP contribution in [0.5, 0.6) is 0 Å². The SMILES string of the molecule is CC(C)[C@]1(C#N)CCN(c2nc(Cl)cn3ncc(F)c23)C1=O. The van der Waals surface area contributed by atoms with Crippen LogP contribution in [0.25, 0.3) is 5.52 Å². The Balaban J connectivity index is 2.16. The fraction of sp³-hybridized carbons (Fsp3) is 0.429. The maximum absolute atomic E-state index is 14.0. The van der Waals surface area contributed by atoms with E-state index in [1.165, 1.54) is 15.6 Å². The standard InChI is InChI=1S/C14H13ClFN5O/c1-8(2)14(7-17)3-4-20(13(14)22)12-11-9(16)5-18-21(11)6-10(15)19-12/h5-6,8H,3-4H2,1-2H3/t14-/m1/s1. The molecule has 1 aliphatic rings. The molecular weight excluding hydrogens is 309 g/mol. The van der Waals surface area contributed by atoms with Gasteiger partial charge in [-0.3, -0.25) is 9.69 Å². The van der Waals surface area contributed by atoms with Gasteiger partial charge in [0.1, 0.15) is 16.1 Å². The van der Waals surface area contributed by atoms with Crippen LogP contribution < -0.4 is 4.90 Å². The first-order valence-electron chi connectivity index (χ1n) is 6.83. The van der Waals surface area contributed by atoms with E-state index >= 15 is 0 Å². The topological polar surface area (TPSA) is 74.3 Å². The van der Waals surface area contributed by atoms with E-state index in [1.54, 1.807) is 0 Å². The second-order valence-electron chi connectivity index (χ2n) is 5.62. The molecule has 6 nitrogen and oxygen atoms in total. The minimum absolute atomic E-state index is 0.0789. The summed E-state index contributed by atoms with van der Waals surface area (Å²) in [6.45, 7) is 3.94. The number of rotatable bonds is 2. The number of hydrogen-bond donors (Lipinski definition) is 0. The lowest BCUT2D eigenvalue weighted by atomic mass is 9.77. The Bertz CT molecular complexity index is 811. The fourth-order valence-electron chi connectivity index (χ4n) is 2.83. The monoisotopic (exact) mass is 321 g/mol. The van der Waals surface area contributed by atoms with Gasteiger partial charge < -0.3 is 0 Å². The third kappa shape index (κ3) is 1.87. The van der Waals surface area contributed by atoms with Crippen LogP contribution in [0.15, 0.2) is 12.4 Å². The van der Waals surface area contributed by atoms with Crippen LogP contribution in [0, 0.1) is 28.5 Å². The van der Waals surface area contributed by atoms with Crippen molar-refractivity contribution in [2.45, 2.75) is 20.3 Å². The van der Waals surface area contributed by atoms with Crippen LogP contribution in [0.4, 0.5) is 10.2 Å². The van der Waals surface area contributed by atoms with Gasteiger partial charge in [0.2, 0.25) is 5.91 Å². The summed E-state index contributed by atoms with van der Waals surface area (Å²) in [6, 6.07) is 2.13. The summed E-state index contributed by atoms with van der Waals surface area (Å²) in [5, 5.41) is 13.4. The van der Waals surface area contributed by atoms with Crippen LogP contribution in [0.2, 0.25) is 5.15 Å². The first-order chi connectivity index (χ1) is 10.4. The summed E-state index contributed by atoms with van der Waals surface area (Å²) < 4.78 is 15.2. The van der Waals surface area contributed by atoms with Crippen molar-refractivity contribution in [2.24, 2.45) is 11.3 Å². The molecule has 3 rings (SSSR count). The number of aromatic nitrogens is 3. The maximum atomic E-state index is 14.0. The number of halogens is 2. The van der Waals surface area contributed by atoms with E-state index in [4.69, 9.17) is 11.6 Å². The molecule has 1 atom stereocenters. The largest absolute Gasteiger partial charge is 0.293 e. The fourth-order valence-corrected chi connectivity index (χ4v) is 3.00. The number of carbonyl (C=O) groups is 1. The van der Waals surface area contributed by atoms with Crippen molar-refractivity contribution in [1.29, 1.82) is 5.26 Å². The van der Waals surface area contributed by atoms with E-state index in [0.717, 1.165) is 6.20 Å². The number of carbonyl (C=O) groups excluding carboxylic acids is 1. The molecule has 2 aromatic heterocycles. The van der Waals surface area contributed by atoms with E-state index in [1.807, 2.05) is 13.8 Å². The van der Waals surface area contributed by atoms with Gasteiger partial charge in [-0.2, -0.15) is 10.4 Å². The van der Waals surface area contributed by atoms with Crippen molar-refractivity contribution >= 4 is 28.8 Å². The van der Waals surface area contributed by atoms with Gasteiger partial charge in [-0.15, -0.1) is 0 Å². The van der Waals surface area contributed by atoms with Gasteiger partial charge >= 0.3 is 0 Å². The highest BCUT2D eigenvalue weighted by Crippen LogP contribution is 2.41. The number of anilines is 1. The zero-order chi connectivity index (χ0) is 16.1. The van der Waals surface area contributed by atoms with Crippen molar-refractivity contribution in [3.8, 4) is 6.07 Å². The number of hydrogen-bond acceptors (Lipinski definition) is 4. The van der Waals surface area contributed by atoms with E-state index in [2.05, 4.69) is 16.2 Å². The van der Waals surface area contributed by atoms with Crippen molar-refractivity contribution in [1.82, 2.24) is 14.6 Å². The second kappa shape index (κ2) is 4.92. The molecule has 2 aromatic rings. The van der Waals surface area contributed by atoms with Crippen LogP contribution in [0.1, 0.15) is 20.3 Å². The molecule has 114 valence electrons. The average molecular weight is 322 g/mol. The molecule has 0 N–H and O–H groups in total. The lowest BCUT2D eigenvalue weighted by molar-refractivity contribution is -0.124. The first-order valence-corrected chi connectivity index (χ1v) is 7.21. The molecular formula is C14H13ClFN5O. The lowest BCUT2D eigenvalue weighted by Gasteiger charge is -2.24. The molecule has 0 aromatic carbocycles. The molecule has 1 fully saturated rings. The normalized spacial score (nSPS) is 21.8. The Labute approximate surface area is 131 Å². The molecule has 8 heteroatoms. The highest BCUT2D eigenvalue weighted by molar-refractivity contribution is 6.29. The van der Waals surface area contributed by atoms with Gasteiger partial charge in [0.15, 0.2) is 11.6 Å². The van der Waals surface area contributed by atoms with Gasteiger partial charge in [0, 0.05) is 6.54 Å². The smallest absolute Gasteiger partial charge is 0.249 e. The number of nitrogens with zero attached hydrogens (tertiary/aromatic N) is 5. The third-order valence-electron chi connectivity index (χ3n) is 4.20. The molecule has 0 unspecified atom stereocenters. The van der Waals surface area contributed by atoms with Crippen LogP contribution in [0.3, 0.4) is 0 Å². The molecule has 0 radical (unpaired) electrons. The van der Waals surface area contributed by atoms with E-state index in [9.17, 15) is 14.4 Å². The number of nitriles is 1. The van der Waals surface area contributed by atoms with Crippen molar-refractivity contribution in [3.63, 3.8) is 0 Å². The van der Waals surface area contributed by atoms with Crippen LogP contribution in [-0.4, -0.2) is 27.0 Å². The van der Waals surface area contributed by atoms with Gasteiger partial charge in [-0.25, -0.2) is 13.9 Å². The molecule has 0 spiro atoms. The first kappa shape index (κ1) is 14.7. The zero-order valence-corrected chi connectivity index (χ0v) is 12.8. The molecule has 0 bridgehead atoms. The Morgan fingerprint density at radius 2 is 2.27 bits per heavy atom. The Morgan fingerprint density at radius 3 is 2.86 bits per heavy atom. The second-order valence-corrected chi connectivity index (χ2v) is 6.00. The summed E-state index contributed by atoms with van der Waals surface area (Å²) in [5.74, 6) is -1.02. The number of amides is 1. The number of fused-ring (bicyclic) bond motifs is 1. The summed E-state index contributed by atoms with van der Waals surface area (Å²) in [4.78, 5) is 18.2. The Kier molecular flexibility index (Phi) is 3.29. The Hall–Kier alpha value is -2.20. The molecule has 22 heavy (non-hydrogen) atoms. The maximum Gasteiger partial charge on any atom is 0.249 e. The van der Waals surface area contributed by atoms with Gasteiger partial charge in [-0.1, -0.05) is 25.4 Å². The third-order valence-corrected chi connectivity index (χ3v) is 4.38. The van der Waals surface area contributed by atoms with Crippen LogP contribution in [-0.2, 0) is 4.79 Å². The van der Waals surface area contributed by atoms with Crippen molar-refractivity contribution in [2.75, 3.05) is 11.4 Å².